The molecule has 1 fully saturated rings. The van der Waals surface area contributed by atoms with Crippen molar-refractivity contribution >= 4 is 11.6 Å². The highest BCUT2D eigenvalue weighted by atomic mass is 16.5. The maximum Gasteiger partial charge on any atom is 0.251 e. The Balaban J connectivity index is 1.16. The molecule has 0 bridgehead atoms. The van der Waals surface area contributed by atoms with Crippen LogP contribution < -0.4 is 15.0 Å². The summed E-state index contributed by atoms with van der Waals surface area (Å²) in [5, 5.41) is 17.4. The van der Waals surface area contributed by atoms with E-state index in [-0.39, 0.29) is 5.91 Å². The number of aryl methyl sites for hydroxylation is 3. The van der Waals surface area contributed by atoms with Crippen LogP contribution in [0, 0.1) is 20.8 Å². The Labute approximate surface area is 253 Å². The minimum Gasteiger partial charge on any atom is -0.497 e. The number of anilines is 1. The van der Waals surface area contributed by atoms with Gasteiger partial charge in [-0.3, -0.25) is 9.78 Å². The summed E-state index contributed by atoms with van der Waals surface area (Å²) in [6.45, 7) is 11.8. The molecule has 0 spiro atoms. The second kappa shape index (κ2) is 13.8. The minimum atomic E-state index is -0.0404. The molecule has 10 nitrogen and oxygen atoms in total. The van der Waals surface area contributed by atoms with Gasteiger partial charge in [-0.2, -0.15) is 5.21 Å². The summed E-state index contributed by atoms with van der Waals surface area (Å²) < 4.78 is 5.41. The molecule has 2 N–H and O–H groups in total. The number of rotatable bonds is 11. The molecule has 43 heavy (non-hydrogen) atoms. The van der Waals surface area contributed by atoms with Crippen molar-refractivity contribution in [3.63, 3.8) is 0 Å². The van der Waals surface area contributed by atoms with Crippen molar-refractivity contribution in [3.05, 3.63) is 82.7 Å². The Hall–Kier alpha value is -4.31. The molecule has 0 saturated carbocycles. The van der Waals surface area contributed by atoms with Crippen LogP contribution in [-0.4, -0.2) is 75.2 Å². The van der Waals surface area contributed by atoms with Gasteiger partial charge in [0, 0.05) is 67.5 Å². The highest BCUT2D eigenvalue weighted by Gasteiger charge is 2.28. The summed E-state index contributed by atoms with van der Waals surface area (Å²) in [5.74, 6) is 1.35. The van der Waals surface area contributed by atoms with E-state index in [0.29, 0.717) is 30.0 Å². The maximum atomic E-state index is 13.1. The van der Waals surface area contributed by atoms with Gasteiger partial charge < -0.3 is 19.9 Å². The number of ether oxygens (including phenoxy) is 1. The first kappa shape index (κ1) is 30.2. The number of carbonyl (C=O) groups excluding carboxylic acids is 1. The number of benzene rings is 2. The van der Waals surface area contributed by atoms with Gasteiger partial charge in [0.15, 0.2) is 0 Å². The van der Waals surface area contributed by atoms with Crippen molar-refractivity contribution in [3.8, 4) is 17.1 Å². The topological polar surface area (TPSA) is 112 Å². The normalized spacial score (nSPS) is 14.8. The highest BCUT2D eigenvalue weighted by Crippen LogP contribution is 2.29. The van der Waals surface area contributed by atoms with Gasteiger partial charge in [0.25, 0.3) is 5.91 Å². The van der Waals surface area contributed by atoms with Crippen molar-refractivity contribution in [2.45, 2.75) is 65.6 Å². The van der Waals surface area contributed by atoms with Crippen LogP contribution in [0.5, 0.6) is 5.75 Å². The Morgan fingerprint density at radius 1 is 1.09 bits per heavy atom. The fourth-order valence-electron chi connectivity index (χ4n) is 6.09. The number of pyridine rings is 1. The van der Waals surface area contributed by atoms with Gasteiger partial charge in [-0.1, -0.05) is 0 Å². The van der Waals surface area contributed by atoms with Gasteiger partial charge in [0.1, 0.15) is 5.75 Å². The van der Waals surface area contributed by atoms with E-state index < -0.39 is 0 Å². The second-order valence-electron chi connectivity index (χ2n) is 11.5. The molecule has 1 unspecified atom stereocenters. The van der Waals surface area contributed by atoms with Gasteiger partial charge >= 0.3 is 0 Å². The zero-order chi connectivity index (χ0) is 30.3. The van der Waals surface area contributed by atoms with Crippen LogP contribution in [0.1, 0.15) is 58.8 Å². The number of likely N-dealkylation sites (tertiary alicyclic amines) is 1. The Morgan fingerprint density at radius 3 is 2.44 bits per heavy atom. The number of piperidine rings is 1. The molecule has 4 aromatic rings. The van der Waals surface area contributed by atoms with Gasteiger partial charge in [0.2, 0.25) is 5.82 Å². The van der Waals surface area contributed by atoms with Crippen molar-refractivity contribution in [1.82, 2.24) is 35.8 Å². The minimum absolute atomic E-state index is 0.0404. The van der Waals surface area contributed by atoms with E-state index in [1.807, 2.05) is 50.5 Å². The molecule has 1 atom stereocenters. The summed E-state index contributed by atoms with van der Waals surface area (Å²) in [4.78, 5) is 22.6. The van der Waals surface area contributed by atoms with Crippen LogP contribution in [0.2, 0.25) is 0 Å². The quantitative estimate of drug-likeness (QED) is 0.258. The lowest BCUT2D eigenvalue weighted by molar-refractivity contribution is 0.0944. The third-order valence-electron chi connectivity index (χ3n) is 8.67. The van der Waals surface area contributed by atoms with E-state index in [0.717, 1.165) is 61.3 Å². The van der Waals surface area contributed by atoms with Crippen LogP contribution in [0.4, 0.5) is 5.69 Å². The summed E-state index contributed by atoms with van der Waals surface area (Å²) in [7, 11) is 1.70. The molecule has 10 heteroatoms. The van der Waals surface area contributed by atoms with Gasteiger partial charge in [-0.25, -0.2) is 0 Å². The van der Waals surface area contributed by atoms with Crippen LogP contribution in [0.25, 0.3) is 11.4 Å². The van der Waals surface area contributed by atoms with Crippen LogP contribution in [0.3, 0.4) is 0 Å². The average molecular weight is 583 g/mol. The molecule has 3 heterocycles. The van der Waals surface area contributed by atoms with Crippen molar-refractivity contribution < 1.29 is 9.53 Å². The molecule has 1 saturated heterocycles. The zero-order valence-electron chi connectivity index (χ0n) is 25.8. The van der Waals surface area contributed by atoms with Crippen molar-refractivity contribution in [1.29, 1.82) is 0 Å². The first-order chi connectivity index (χ1) is 20.8. The largest absolute Gasteiger partial charge is 0.497 e. The van der Waals surface area contributed by atoms with E-state index in [1.54, 1.807) is 7.11 Å². The molecule has 2 aromatic carbocycles. The molecule has 1 aliphatic heterocycles. The summed E-state index contributed by atoms with van der Waals surface area (Å²) in [5.41, 5.74) is 7.07. The number of nitrogens with one attached hydrogen (secondary N) is 2. The SMILES string of the molecule is COc1ccc(N(Cc2cnccc2C)C2CCN(C(C)CCNC(=O)c3c(C)cc(-c4nn[nH]n4)cc3C)CC2)cc1. The number of hydrogen-bond donors (Lipinski definition) is 2. The predicted octanol–water partition coefficient (Wildman–Crippen LogP) is 4.88. The molecular formula is C33H42N8O2. The first-order valence-corrected chi connectivity index (χ1v) is 15.0. The van der Waals surface area contributed by atoms with Crippen LogP contribution >= 0.6 is 0 Å². The number of aromatic nitrogens is 5. The molecule has 5 rings (SSSR count). The molecule has 0 radical (unpaired) electrons. The summed E-state index contributed by atoms with van der Waals surface area (Å²) >= 11 is 0. The summed E-state index contributed by atoms with van der Waals surface area (Å²) in [6, 6.07) is 15.1. The highest BCUT2D eigenvalue weighted by molar-refractivity contribution is 5.97. The lowest BCUT2D eigenvalue weighted by Gasteiger charge is -2.42. The number of amides is 1. The number of nitrogens with zero attached hydrogens (tertiary/aromatic N) is 6. The van der Waals surface area contributed by atoms with Crippen LogP contribution in [0.15, 0.2) is 54.9 Å². The zero-order valence-corrected chi connectivity index (χ0v) is 25.8. The maximum absolute atomic E-state index is 13.1. The Bertz CT molecular complexity index is 1470. The van der Waals surface area contributed by atoms with E-state index in [9.17, 15) is 4.79 Å². The van der Waals surface area contributed by atoms with E-state index >= 15 is 0 Å². The first-order valence-electron chi connectivity index (χ1n) is 15.0. The van der Waals surface area contributed by atoms with E-state index in [2.05, 4.69) is 72.8 Å². The number of H-pyrrole nitrogens is 1. The second-order valence-corrected chi connectivity index (χ2v) is 11.5. The van der Waals surface area contributed by atoms with Gasteiger partial charge in [0.05, 0.1) is 7.11 Å². The van der Waals surface area contributed by atoms with Crippen LogP contribution in [-0.2, 0) is 6.54 Å². The Kier molecular flexibility index (Phi) is 9.66. The number of aromatic amines is 1. The molecule has 2 aromatic heterocycles. The number of hydrogen-bond acceptors (Lipinski definition) is 8. The molecule has 0 aliphatic carbocycles. The fourth-order valence-corrected chi connectivity index (χ4v) is 6.09. The van der Waals surface area contributed by atoms with Gasteiger partial charge in [-0.05, 0) is 117 Å². The monoisotopic (exact) mass is 582 g/mol. The van der Waals surface area contributed by atoms with Crippen molar-refractivity contribution in [2.24, 2.45) is 0 Å². The molecule has 226 valence electrons. The van der Waals surface area contributed by atoms with E-state index in [4.69, 9.17) is 4.74 Å². The number of methoxy groups -OCH3 is 1. The number of tetrazole rings is 1. The lowest BCUT2D eigenvalue weighted by atomic mass is 9.98. The molecule has 1 amide bonds. The third-order valence-corrected chi connectivity index (χ3v) is 8.67. The Morgan fingerprint density at radius 2 is 1.81 bits per heavy atom. The predicted molar refractivity (Wildman–Crippen MR) is 168 cm³/mol. The lowest BCUT2D eigenvalue weighted by Crippen LogP contribution is -2.48. The molecular weight excluding hydrogens is 540 g/mol. The third kappa shape index (κ3) is 7.19. The number of carbonyl (C=O) groups is 1. The smallest absolute Gasteiger partial charge is 0.251 e. The average Bonchev–Trinajstić information content (AvgIpc) is 3.56. The molecule has 1 aliphatic rings. The van der Waals surface area contributed by atoms with Crippen molar-refractivity contribution in [2.75, 3.05) is 31.6 Å². The van der Waals surface area contributed by atoms with Gasteiger partial charge in [-0.15, -0.1) is 10.2 Å². The summed E-state index contributed by atoms with van der Waals surface area (Å²) in [6.07, 6.45) is 6.89. The fraction of sp³-hybridized carbons (Fsp3) is 0.424. The standard InChI is InChI=1S/C33H42N8O2/c1-22-10-14-34-20-27(22)21-41(28-6-8-30(43-5)9-7-28)29-12-16-40(17-13-29)25(4)11-15-35-33(42)31-23(2)18-26(19-24(31)3)32-36-38-39-37-32/h6-10,14,18-20,25,29H,11-13,15-17,21H2,1-5H3,(H,35,42)(H,36,37,38,39). The van der Waals surface area contributed by atoms with E-state index in [1.165, 1.54) is 16.8 Å².